The monoisotopic (exact) mass is 277 g/mol. The number of hydrazine groups is 1. The Morgan fingerprint density at radius 1 is 1.15 bits per heavy atom. The Kier molecular flexibility index (Phi) is 3.38. The van der Waals surface area contributed by atoms with Gasteiger partial charge in [-0.3, -0.25) is 14.4 Å². The lowest BCUT2D eigenvalue weighted by molar-refractivity contribution is -0.118. The molecule has 2 rings (SSSR count). The van der Waals surface area contributed by atoms with Crippen LogP contribution in [0.15, 0.2) is 24.3 Å². The zero-order valence-electron chi connectivity index (χ0n) is 10.3. The highest BCUT2D eigenvalue weighted by Gasteiger charge is 2.41. The van der Waals surface area contributed by atoms with E-state index in [1.807, 2.05) is 0 Å². The van der Waals surface area contributed by atoms with Gasteiger partial charge in [0.25, 0.3) is 11.8 Å². The summed E-state index contributed by atoms with van der Waals surface area (Å²) in [5.74, 6) is -2.21. The number of nitrogens with two attached hydrogens (primary N) is 1. The van der Waals surface area contributed by atoms with Crippen molar-refractivity contribution in [3.05, 3.63) is 35.4 Å². The van der Waals surface area contributed by atoms with E-state index in [0.29, 0.717) is 10.0 Å². The number of imide groups is 1. The number of nitrogens with zero attached hydrogens (tertiary/aromatic N) is 2. The van der Waals surface area contributed by atoms with Gasteiger partial charge >= 0.3 is 6.09 Å². The molecular formula is C12H11N3O5. The van der Waals surface area contributed by atoms with Crippen LogP contribution in [-0.2, 0) is 4.79 Å². The minimum absolute atomic E-state index is 0.128. The molecule has 1 aromatic carbocycles. The first kappa shape index (κ1) is 13.5. The number of primary amides is 1. The van der Waals surface area contributed by atoms with Crippen LogP contribution in [0.2, 0.25) is 0 Å². The summed E-state index contributed by atoms with van der Waals surface area (Å²) < 4.78 is 0. The van der Waals surface area contributed by atoms with Crippen molar-refractivity contribution < 1.29 is 24.3 Å². The Morgan fingerprint density at radius 3 is 2.05 bits per heavy atom. The maximum atomic E-state index is 12.1. The van der Waals surface area contributed by atoms with Gasteiger partial charge < -0.3 is 10.8 Å². The molecule has 0 aliphatic carbocycles. The number of fused-ring (bicyclic) bond motifs is 1. The van der Waals surface area contributed by atoms with Gasteiger partial charge in [-0.2, -0.15) is 5.01 Å². The maximum absolute atomic E-state index is 12.1. The van der Waals surface area contributed by atoms with E-state index in [1.54, 1.807) is 12.1 Å². The van der Waals surface area contributed by atoms with Crippen LogP contribution in [0.3, 0.4) is 0 Å². The largest absolute Gasteiger partial charge is 0.464 e. The number of carbonyl (C=O) groups is 4. The predicted molar refractivity (Wildman–Crippen MR) is 65.5 cm³/mol. The summed E-state index contributed by atoms with van der Waals surface area (Å²) in [6, 6.07) is 6.01. The van der Waals surface area contributed by atoms with Crippen LogP contribution in [-0.4, -0.2) is 45.5 Å². The highest BCUT2D eigenvalue weighted by Crippen LogP contribution is 2.24. The molecule has 0 saturated carbocycles. The topological polar surface area (TPSA) is 121 Å². The van der Waals surface area contributed by atoms with Crippen molar-refractivity contribution in [2.75, 3.05) is 6.54 Å². The lowest BCUT2D eigenvalue weighted by atomic mass is 10.1. The molecule has 8 heteroatoms. The van der Waals surface area contributed by atoms with Gasteiger partial charge in [0, 0.05) is 6.42 Å². The van der Waals surface area contributed by atoms with E-state index in [-0.39, 0.29) is 24.1 Å². The van der Waals surface area contributed by atoms with Gasteiger partial charge in [0.15, 0.2) is 0 Å². The van der Waals surface area contributed by atoms with Crippen molar-refractivity contribution in [2.45, 2.75) is 6.42 Å². The second-order valence-corrected chi connectivity index (χ2v) is 4.09. The third-order valence-corrected chi connectivity index (χ3v) is 2.80. The van der Waals surface area contributed by atoms with E-state index in [4.69, 9.17) is 10.8 Å². The van der Waals surface area contributed by atoms with Crippen LogP contribution in [0.5, 0.6) is 0 Å². The van der Waals surface area contributed by atoms with E-state index in [0.717, 1.165) is 0 Å². The first-order valence-corrected chi connectivity index (χ1v) is 5.70. The number of carbonyl (C=O) groups excluding carboxylic acids is 3. The zero-order valence-corrected chi connectivity index (χ0v) is 10.3. The van der Waals surface area contributed by atoms with Gasteiger partial charge in [-0.25, -0.2) is 9.80 Å². The number of benzene rings is 1. The van der Waals surface area contributed by atoms with Crippen LogP contribution in [0.4, 0.5) is 4.79 Å². The highest BCUT2D eigenvalue weighted by molar-refractivity contribution is 6.21. The predicted octanol–water partition coefficient (Wildman–Crippen LogP) is 0.0530. The summed E-state index contributed by atoms with van der Waals surface area (Å²) in [7, 11) is 0. The Labute approximate surface area is 113 Å². The maximum Gasteiger partial charge on any atom is 0.426 e. The number of hydrogen-bond acceptors (Lipinski definition) is 4. The molecule has 4 amide bonds. The molecule has 1 aliphatic rings. The van der Waals surface area contributed by atoms with E-state index in [9.17, 15) is 19.2 Å². The van der Waals surface area contributed by atoms with Crippen LogP contribution in [0.25, 0.3) is 0 Å². The average molecular weight is 277 g/mol. The van der Waals surface area contributed by atoms with E-state index in [2.05, 4.69) is 0 Å². The van der Waals surface area contributed by atoms with Gasteiger partial charge in [-0.05, 0) is 12.1 Å². The molecule has 8 nitrogen and oxygen atoms in total. The molecule has 104 valence electrons. The summed E-state index contributed by atoms with van der Waals surface area (Å²) in [5, 5.41) is 10.1. The second kappa shape index (κ2) is 5.00. The number of amides is 4. The molecule has 0 bridgehead atoms. The van der Waals surface area contributed by atoms with Gasteiger partial charge in [0.1, 0.15) is 0 Å². The first-order valence-electron chi connectivity index (χ1n) is 5.70. The molecule has 0 atom stereocenters. The van der Waals surface area contributed by atoms with Crippen molar-refractivity contribution in [3.63, 3.8) is 0 Å². The Bertz CT molecular complexity index is 578. The molecule has 1 aromatic rings. The Balaban J connectivity index is 2.32. The Morgan fingerprint density at radius 2 is 1.65 bits per heavy atom. The molecule has 20 heavy (non-hydrogen) atoms. The molecule has 1 aliphatic heterocycles. The van der Waals surface area contributed by atoms with Crippen LogP contribution >= 0.6 is 0 Å². The van der Waals surface area contributed by atoms with Crippen LogP contribution in [0, 0.1) is 0 Å². The summed E-state index contributed by atoms with van der Waals surface area (Å²) in [4.78, 5) is 46.1. The molecule has 0 radical (unpaired) electrons. The third kappa shape index (κ3) is 2.18. The molecule has 0 fully saturated rings. The number of carboxylic acid groups (broad SMARTS) is 1. The number of rotatable bonds is 4. The summed E-state index contributed by atoms with van der Waals surface area (Å²) in [5.41, 5.74) is 5.20. The van der Waals surface area contributed by atoms with Gasteiger partial charge in [0.2, 0.25) is 5.91 Å². The molecule has 0 saturated heterocycles. The molecule has 1 heterocycles. The lowest BCUT2D eigenvalue weighted by Gasteiger charge is -2.26. The Hall–Kier alpha value is -2.90. The second-order valence-electron chi connectivity index (χ2n) is 4.09. The van der Waals surface area contributed by atoms with Crippen molar-refractivity contribution in [3.8, 4) is 0 Å². The van der Waals surface area contributed by atoms with Gasteiger partial charge in [-0.1, -0.05) is 12.1 Å². The SMILES string of the molecule is NC(=O)CCN(C(=O)O)N1C(=O)c2ccccc2C1=O. The van der Waals surface area contributed by atoms with Gasteiger partial charge in [0.05, 0.1) is 17.7 Å². The third-order valence-electron chi connectivity index (χ3n) is 2.80. The van der Waals surface area contributed by atoms with Crippen molar-refractivity contribution in [1.29, 1.82) is 0 Å². The van der Waals surface area contributed by atoms with Gasteiger partial charge in [-0.15, -0.1) is 0 Å². The van der Waals surface area contributed by atoms with Crippen molar-refractivity contribution in [2.24, 2.45) is 5.73 Å². The normalized spacial score (nSPS) is 13.3. The first-order chi connectivity index (χ1) is 9.43. The molecular weight excluding hydrogens is 266 g/mol. The van der Waals surface area contributed by atoms with Crippen LogP contribution < -0.4 is 5.73 Å². The van der Waals surface area contributed by atoms with E-state index in [1.165, 1.54) is 12.1 Å². The van der Waals surface area contributed by atoms with E-state index < -0.39 is 23.8 Å². The van der Waals surface area contributed by atoms with Crippen LogP contribution in [0.1, 0.15) is 27.1 Å². The number of hydrogen-bond donors (Lipinski definition) is 2. The summed E-state index contributed by atoms with van der Waals surface area (Å²) >= 11 is 0. The summed E-state index contributed by atoms with van der Waals surface area (Å²) in [6.45, 7) is -0.365. The summed E-state index contributed by atoms with van der Waals surface area (Å²) in [6.07, 6.45) is -1.81. The zero-order chi connectivity index (χ0) is 14.9. The minimum atomic E-state index is -1.51. The quantitative estimate of drug-likeness (QED) is 0.753. The van der Waals surface area contributed by atoms with E-state index >= 15 is 0 Å². The molecule has 3 N–H and O–H groups in total. The van der Waals surface area contributed by atoms with Crippen molar-refractivity contribution in [1.82, 2.24) is 10.0 Å². The fraction of sp³-hybridized carbons (Fsp3) is 0.167. The average Bonchev–Trinajstić information content (AvgIpc) is 2.64. The highest BCUT2D eigenvalue weighted by atomic mass is 16.4. The van der Waals surface area contributed by atoms with Crippen molar-refractivity contribution >= 4 is 23.8 Å². The fourth-order valence-electron chi connectivity index (χ4n) is 1.89. The minimum Gasteiger partial charge on any atom is -0.464 e. The lowest BCUT2D eigenvalue weighted by Crippen LogP contribution is -2.50. The fourth-order valence-corrected chi connectivity index (χ4v) is 1.89. The molecule has 0 spiro atoms. The molecule has 0 unspecified atom stereocenters. The molecule has 0 aromatic heterocycles. The standard InChI is InChI=1S/C12H11N3O5/c13-9(16)5-6-14(12(19)20)15-10(17)7-3-1-2-4-8(7)11(15)18/h1-4H,5-6H2,(H2,13,16)(H,19,20). The smallest absolute Gasteiger partial charge is 0.426 e.